The summed E-state index contributed by atoms with van der Waals surface area (Å²) in [6, 6.07) is 10.3. The fraction of sp³-hybridized carbons (Fsp3) is 0.423. The highest BCUT2D eigenvalue weighted by Gasteiger charge is 2.48. The molecule has 0 aliphatic heterocycles. The van der Waals surface area contributed by atoms with E-state index in [4.69, 9.17) is 5.11 Å². The molecule has 2 aromatic rings. The lowest BCUT2D eigenvalue weighted by atomic mass is 9.96. The lowest BCUT2D eigenvalue weighted by molar-refractivity contribution is -0.161. The second kappa shape index (κ2) is 10.3. The molecule has 10 heteroatoms. The van der Waals surface area contributed by atoms with Gasteiger partial charge in [0.2, 0.25) is 5.91 Å². The summed E-state index contributed by atoms with van der Waals surface area (Å²) in [6.07, 6.45) is -4.66. The summed E-state index contributed by atoms with van der Waals surface area (Å²) in [5.74, 6) is -1.83. The van der Waals surface area contributed by atoms with Crippen LogP contribution in [0.15, 0.2) is 48.5 Å². The van der Waals surface area contributed by atoms with Gasteiger partial charge < -0.3 is 10.4 Å². The van der Waals surface area contributed by atoms with Crippen LogP contribution in [-0.4, -0.2) is 40.4 Å². The van der Waals surface area contributed by atoms with Gasteiger partial charge in [0.05, 0.1) is 18.5 Å². The first kappa shape index (κ1) is 27.1. The Hall–Kier alpha value is -3.45. The molecule has 0 aromatic heterocycles. The molecule has 2 unspecified atom stereocenters. The molecule has 0 saturated heterocycles. The molecule has 0 bridgehead atoms. The first-order valence-electron chi connectivity index (χ1n) is 11.4. The van der Waals surface area contributed by atoms with Gasteiger partial charge in [0, 0.05) is 6.42 Å². The lowest BCUT2D eigenvalue weighted by Gasteiger charge is -2.30. The van der Waals surface area contributed by atoms with Crippen LogP contribution in [0.25, 0.3) is 11.1 Å². The summed E-state index contributed by atoms with van der Waals surface area (Å²) < 4.78 is 56.6. The van der Waals surface area contributed by atoms with Crippen LogP contribution in [0.5, 0.6) is 0 Å². The van der Waals surface area contributed by atoms with E-state index in [1.165, 1.54) is 38.1 Å². The Morgan fingerprint density at radius 3 is 1.97 bits per heavy atom. The molecule has 1 saturated carbocycles. The van der Waals surface area contributed by atoms with Crippen LogP contribution in [0.2, 0.25) is 0 Å². The molecule has 3 rings (SSSR count). The molecule has 3 N–H and O–H groups in total. The van der Waals surface area contributed by atoms with Crippen molar-refractivity contribution in [2.24, 2.45) is 0 Å². The Morgan fingerprint density at radius 1 is 1.03 bits per heavy atom. The van der Waals surface area contributed by atoms with Crippen molar-refractivity contribution in [2.45, 2.75) is 69.0 Å². The second-order valence-corrected chi connectivity index (χ2v) is 9.69. The molecule has 2 aromatic carbocycles. The standard InChI is InChI=1S/C26H27F4N3O3/c1-24(2,27)14-20(23(36)33-25(15-31)11-12-25)32-22(26(28,29)30)19-9-7-18(8-10-19)17-5-3-16(4-6-17)13-21(34)35/h3-10,20,22,32H,11-14H2,1-2H3,(H,33,36)(H,34,35). The predicted molar refractivity (Wildman–Crippen MR) is 124 cm³/mol. The molecule has 0 spiro atoms. The Kier molecular flexibility index (Phi) is 7.74. The molecule has 1 aliphatic carbocycles. The number of benzene rings is 2. The van der Waals surface area contributed by atoms with Crippen molar-refractivity contribution in [3.8, 4) is 17.2 Å². The minimum absolute atomic E-state index is 0.141. The number of nitriles is 1. The maximum absolute atomic E-state index is 14.4. The highest BCUT2D eigenvalue weighted by atomic mass is 19.4. The normalized spacial score (nSPS) is 16.5. The summed E-state index contributed by atoms with van der Waals surface area (Å²) in [6.45, 7) is 2.34. The maximum Gasteiger partial charge on any atom is 0.407 e. The number of alkyl halides is 4. The van der Waals surface area contributed by atoms with Gasteiger partial charge in [0.15, 0.2) is 0 Å². The van der Waals surface area contributed by atoms with Crippen molar-refractivity contribution in [1.29, 1.82) is 5.26 Å². The molecule has 0 heterocycles. The number of carbonyl (C=O) groups is 2. The van der Waals surface area contributed by atoms with E-state index in [0.29, 0.717) is 29.5 Å². The number of hydrogen-bond acceptors (Lipinski definition) is 4. The number of rotatable bonds is 10. The van der Waals surface area contributed by atoms with Crippen LogP contribution in [0.1, 0.15) is 50.3 Å². The van der Waals surface area contributed by atoms with E-state index in [1.807, 2.05) is 6.07 Å². The Balaban J connectivity index is 1.83. The van der Waals surface area contributed by atoms with Gasteiger partial charge >= 0.3 is 12.1 Å². The largest absolute Gasteiger partial charge is 0.481 e. The number of hydrogen-bond donors (Lipinski definition) is 3. The minimum Gasteiger partial charge on any atom is -0.481 e. The second-order valence-electron chi connectivity index (χ2n) is 9.69. The topological polar surface area (TPSA) is 102 Å². The molecule has 0 radical (unpaired) electrons. The van der Waals surface area contributed by atoms with Gasteiger partial charge in [-0.1, -0.05) is 48.5 Å². The molecule has 1 amide bonds. The van der Waals surface area contributed by atoms with Crippen LogP contribution >= 0.6 is 0 Å². The molecule has 36 heavy (non-hydrogen) atoms. The van der Waals surface area contributed by atoms with Crippen molar-refractivity contribution in [1.82, 2.24) is 10.6 Å². The number of nitrogens with zero attached hydrogens (tertiary/aromatic N) is 1. The summed E-state index contributed by atoms with van der Waals surface area (Å²) in [5, 5.41) is 22.8. The summed E-state index contributed by atoms with van der Waals surface area (Å²) in [5.41, 5.74) is -1.31. The van der Waals surface area contributed by atoms with E-state index >= 15 is 0 Å². The van der Waals surface area contributed by atoms with Gasteiger partial charge in [0.1, 0.15) is 17.2 Å². The number of carboxylic acids is 1. The van der Waals surface area contributed by atoms with Gasteiger partial charge in [-0.3, -0.25) is 14.9 Å². The third-order valence-corrected chi connectivity index (χ3v) is 5.91. The molecule has 2 atom stereocenters. The van der Waals surface area contributed by atoms with E-state index in [2.05, 4.69) is 10.6 Å². The van der Waals surface area contributed by atoms with Gasteiger partial charge in [-0.2, -0.15) is 18.4 Å². The van der Waals surface area contributed by atoms with Crippen molar-refractivity contribution in [2.75, 3.05) is 0 Å². The minimum atomic E-state index is -4.79. The quantitative estimate of drug-likeness (QED) is 0.401. The van der Waals surface area contributed by atoms with Crippen molar-refractivity contribution >= 4 is 11.9 Å². The number of nitrogens with one attached hydrogen (secondary N) is 2. The van der Waals surface area contributed by atoms with Crippen LogP contribution in [0.3, 0.4) is 0 Å². The van der Waals surface area contributed by atoms with Crippen LogP contribution < -0.4 is 10.6 Å². The average Bonchev–Trinajstić information content (AvgIpc) is 3.55. The molecular weight excluding hydrogens is 478 g/mol. The van der Waals surface area contributed by atoms with Crippen LogP contribution in [-0.2, 0) is 16.0 Å². The van der Waals surface area contributed by atoms with Crippen molar-refractivity contribution in [3.63, 3.8) is 0 Å². The highest BCUT2D eigenvalue weighted by molar-refractivity contribution is 5.83. The molecular formula is C26H27F4N3O3. The SMILES string of the molecule is CC(C)(F)CC(NC(c1ccc(-c2ccc(CC(=O)O)cc2)cc1)C(F)(F)F)C(=O)NC1(C#N)CC1. The number of carbonyl (C=O) groups excluding carboxylic acids is 1. The van der Waals surface area contributed by atoms with E-state index in [-0.39, 0.29) is 12.0 Å². The van der Waals surface area contributed by atoms with Crippen LogP contribution in [0, 0.1) is 11.3 Å². The van der Waals surface area contributed by atoms with E-state index in [1.54, 1.807) is 24.3 Å². The lowest BCUT2D eigenvalue weighted by Crippen LogP contribution is -2.53. The number of carboxylic acid groups (broad SMARTS) is 1. The highest BCUT2D eigenvalue weighted by Crippen LogP contribution is 2.37. The zero-order valence-electron chi connectivity index (χ0n) is 19.8. The average molecular weight is 506 g/mol. The molecule has 1 aliphatic rings. The number of halogens is 4. The zero-order valence-corrected chi connectivity index (χ0v) is 19.8. The summed E-state index contributed by atoms with van der Waals surface area (Å²) in [7, 11) is 0. The van der Waals surface area contributed by atoms with Crippen LogP contribution in [0.4, 0.5) is 17.6 Å². The monoisotopic (exact) mass is 505 g/mol. The van der Waals surface area contributed by atoms with E-state index in [0.717, 1.165) is 0 Å². The smallest absolute Gasteiger partial charge is 0.407 e. The molecule has 192 valence electrons. The predicted octanol–water partition coefficient (Wildman–Crippen LogP) is 4.85. The maximum atomic E-state index is 14.4. The first-order valence-corrected chi connectivity index (χ1v) is 11.4. The van der Waals surface area contributed by atoms with Gasteiger partial charge in [-0.05, 0) is 48.9 Å². The Labute approximate surface area is 206 Å². The van der Waals surface area contributed by atoms with Crippen molar-refractivity contribution < 1.29 is 32.3 Å². The molecule has 1 fully saturated rings. The Morgan fingerprint density at radius 2 is 1.56 bits per heavy atom. The molecule has 6 nitrogen and oxygen atoms in total. The van der Waals surface area contributed by atoms with Gasteiger partial charge in [-0.15, -0.1) is 0 Å². The summed E-state index contributed by atoms with van der Waals surface area (Å²) >= 11 is 0. The Bertz CT molecular complexity index is 1130. The number of aliphatic carboxylic acids is 1. The fourth-order valence-electron chi connectivity index (χ4n) is 3.86. The third kappa shape index (κ3) is 7.28. The first-order chi connectivity index (χ1) is 16.7. The van der Waals surface area contributed by atoms with Gasteiger partial charge in [-0.25, -0.2) is 4.39 Å². The summed E-state index contributed by atoms with van der Waals surface area (Å²) in [4.78, 5) is 23.6. The van der Waals surface area contributed by atoms with Crippen molar-refractivity contribution in [3.05, 3.63) is 59.7 Å². The van der Waals surface area contributed by atoms with E-state index < -0.39 is 47.8 Å². The third-order valence-electron chi connectivity index (χ3n) is 5.91. The number of amides is 1. The van der Waals surface area contributed by atoms with E-state index in [9.17, 15) is 32.4 Å². The fourth-order valence-corrected chi connectivity index (χ4v) is 3.86. The van der Waals surface area contributed by atoms with Gasteiger partial charge in [0.25, 0.3) is 0 Å². The zero-order chi connectivity index (χ0) is 26.7.